The van der Waals surface area contributed by atoms with Gasteiger partial charge < -0.3 is 10.1 Å². The topological polar surface area (TPSA) is 47.0 Å². The van der Waals surface area contributed by atoms with Crippen LogP contribution in [0.2, 0.25) is 0 Å². The van der Waals surface area contributed by atoms with Gasteiger partial charge in [-0.25, -0.2) is 9.97 Å². The van der Waals surface area contributed by atoms with Gasteiger partial charge in [0, 0.05) is 24.0 Å². The predicted octanol–water partition coefficient (Wildman–Crippen LogP) is 3.34. The lowest BCUT2D eigenvalue weighted by Gasteiger charge is -2.36. The number of aryl methyl sites for hydroxylation is 1. The molecule has 1 aliphatic carbocycles. The zero-order valence-corrected chi connectivity index (χ0v) is 14.0. The van der Waals surface area contributed by atoms with E-state index in [1.54, 1.807) is 0 Å². The molecule has 1 aromatic heterocycles. The predicted molar refractivity (Wildman–Crippen MR) is 85.3 cm³/mol. The maximum Gasteiger partial charge on any atom is 0.316 e. The van der Waals surface area contributed by atoms with E-state index in [9.17, 15) is 0 Å². The summed E-state index contributed by atoms with van der Waals surface area (Å²) < 4.78 is 6.17. The van der Waals surface area contributed by atoms with Crippen molar-refractivity contribution < 1.29 is 4.74 Å². The molecule has 2 rings (SSSR count). The Morgan fingerprint density at radius 3 is 2.76 bits per heavy atom. The summed E-state index contributed by atoms with van der Waals surface area (Å²) in [5.41, 5.74) is 2.13. The lowest BCUT2D eigenvalue weighted by atomic mass is 9.75. The van der Waals surface area contributed by atoms with Crippen molar-refractivity contribution >= 4 is 0 Å². The molecule has 0 saturated heterocycles. The van der Waals surface area contributed by atoms with Crippen molar-refractivity contribution in [2.45, 2.75) is 59.6 Å². The summed E-state index contributed by atoms with van der Waals surface area (Å²) in [6.07, 6.45) is 5.81. The minimum Gasteiger partial charge on any atom is -0.460 e. The molecule has 0 aliphatic heterocycles. The van der Waals surface area contributed by atoms with Gasteiger partial charge in [0.25, 0.3) is 0 Å². The average Bonchev–Trinajstić information content (AvgIpc) is 2.42. The molecular formula is C17H29N3O. The van der Waals surface area contributed by atoms with Gasteiger partial charge in [-0.05, 0) is 44.6 Å². The van der Waals surface area contributed by atoms with Crippen LogP contribution in [0.5, 0.6) is 6.01 Å². The van der Waals surface area contributed by atoms with Crippen molar-refractivity contribution in [3.8, 4) is 6.01 Å². The van der Waals surface area contributed by atoms with Gasteiger partial charge in [-0.3, -0.25) is 0 Å². The van der Waals surface area contributed by atoms with Crippen LogP contribution in [0.25, 0.3) is 0 Å². The molecule has 1 N–H and O–H groups in total. The molecule has 1 heterocycles. The SMILES string of the molecule is CNCc1cnc(OC2CC(C)CCC2C(C)C)nc1C. The first-order chi connectivity index (χ1) is 10.0. The molecule has 0 bridgehead atoms. The maximum absolute atomic E-state index is 6.17. The van der Waals surface area contributed by atoms with Crippen molar-refractivity contribution in [3.63, 3.8) is 0 Å². The van der Waals surface area contributed by atoms with Gasteiger partial charge in [-0.2, -0.15) is 0 Å². The summed E-state index contributed by atoms with van der Waals surface area (Å²) in [5.74, 6) is 1.99. The first-order valence-corrected chi connectivity index (χ1v) is 8.15. The molecule has 3 atom stereocenters. The Labute approximate surface area is 128 Å². The molecule has 1 aliphatic rings. The summed E-state index contributed by atoms with van der Waals surface area (Å²) in [6.45, 7) is 9.71. The van der Waals surface area contributed by atoms with E-state index in [2.05, 4.69) is 36.1 Å². The highest BCUT2D eigenvalue weighted by Gasteiger charge is 2.32. The Balaban J connectivity index is 2.09. The number of rotatable bonds is 5. The van der Waals surface area contributed by atoms with E-state index < -0.39 is 0 Å². The van der Waals surface area contributed by atoms with Crippen LogP contribution in [0.15, 0.2) is 6.20 Å². The molecule has 0 amide bonds. The third kappa shape index (κ3) is 4.16. The Bertz CT molecular complexity index is 461. The van der Waals surface area contributed by atoms with Crippen LogP contribution in [0.3, 0.4) is 0 Å². The highest BCUT2D eigenvalue weighted by molar-refractivity contribution is 5.17. The summed E-state index contributed by atoms with van der Waals surface area (Å²) >= 11 is 0. The van der Waals surface area contributed by atoms with Gasteiger partial charge in [0.05, 0.1) is 0 Å². The van der Waals surface area contributed by atoms with Crippen LogP contribution >= 0.6 is 0 Å². The van der Waals surface area contributed by atoms with Crippen LogP contribution in [-0.4, -0.2) is 23.1 Å². The molecule has 118 valence electrons. The molecule has 1 fully saturated rings. The molecule has 21 heavy (non-hydrogen) atoms. The molecule has 0 aromatic carbocycles. The number of aromatic nitrogens is 2. The van der Waals surface area contributed by atoms with Crippen molar-refractivity contribution in [3.05, 3.63) is 17.5 Å². The summed E-state index contributed by atoms with van der Waals surface area (Å²) in [6, 6.07) is 0.539. The average molecular weight is 291 g/mol. The Morgan fingerprint density at radius 1 is 1.38 bits per heavy atom. The Morgan fingerprint density at radius 2 is 2.14 bits per heavy atom. The van der Waals surface area contributed by atoms with Gasteiger partial charge in [0.15, 0.2) is 0 Å². The maximum atomic E-state index is 6.17. The molecule has 0 radical (unpaired) electrons. The lowest BCUT2D eigenvalue weighted by Crippen LogP contribution is -2.36. The van der Waals surface area contributed by atoms with E-state index in [-0.39, 0.29) is 6.10 Å². The Kier molecular flexibility index (Phi) is 5.57. The molecular weight excluding hydrogens is 262 g/mol. The minimum atomic E-state index is 0.253. The van der Waals surface area contributed by atoms with Crippen LogP contribution in [0, 0.1) is 24.7 Å². The lowest BCUT2D eigenvalue weighted by molar-refractivity contribution is 0.0388. The van der Waals surface area contributed by atoms with Crippen LogP contribution in [0.1, 0.15) is 51.3 Å². The zero-order valence-electron chi connectivity index (χ0n) is 14.0. The van der Waals surface area contributed by atoms with Crippen molar-refractivity contribution in [1.82, 2.24) is 15.3 Å². The summed E-state index contributed by atoms with van der Waals surface area (Å²) in [7, 11) is 1.93. The van der Waals surface area contributed by atoms with E-state index in [0.29, 0.717) is 17.8 Å². The molecule has 1 saturated carbocycles. The monoisotopic (exact) mass is 291 g/mol. The number of hydrogen-bond donors (Lipinski definition) is 1. The summed E-state index contributed by atoms with van der Waals surface area (Å²) in [5, 5.41) is 3.13. The third-order valence-corrected chi connectivity index (χ3v) is 4.64. The first-order valence-electron chi connectivity index (χ1n) is 8.15. The quantitative estimate of drug-likeness (QED) is 0.904. The van der Waals surface area contributed by atoms with Crippen LogP contribution in [-0.2, 0) is 6.54 Å². The van der Waals surface area contributed by atoms with Gasteiger partial charge in [-0.15, -0.1) is 0 Å². The van der Waals surface area contributed by atoms with Gasteiger partial charge in [0.1, 0.15) is 6.10 Å². The molecule has 0 spiro atoms. The number of ether oxygens (including phenoxy) is 1. The molecule has 1 aromatic rings. The van der Waals surface area contributed by atoms with Crippen molar-refractivity contribution in [2.75, 3.05) is 7.05 Å². The largest absolute Gasteiger partial charge is 0.460 e. The molecule has 3 unspecified atom stereocenters. The number of nitrogens with one attached hydrogen (secondary N) is 1. The van der Waals surface area contributed by atoms with E-state index in [4.69, 9.17) is 4.74 Å². The summed E-state index contributed by atoms with van der Waals surface area (Å²) in [4.78, 5) is 8.93. The second-order valence-electron chi connectivity index (χ2n) is 6.78. The van der Waals surface area contributed by atoms with Crippen LogP contribution in [0.4, 0.5) is 0 Å². The molecule has 4 heteroatoms. The Hall–Kier alpha value is -1.16. The molecule has 4 nitrogen and oxygen atoms in total. The van der Waals surface area contributed by atoms with Gasteiger partial charge in [0.2, 0.25) is 0 Å². The fraction of sp³-hybridized carbons (Fsp3) is 0.765. The van der Waals surface area contributed by atoms with E-state index in [0.717, 1.165) is 30.1 Å². The minimum absolute atomic E-state index is 0.253. The number of nitrogens with zero attached hydrogens (tertiary/aromatic N) is 2. The van der Waals surface area contributed by atoms with E-state index in [1.807, 2.05) is 20.2 Å². The smallest absolute Gasteiger partial charge is 0.316 e. The van der Waals surface area contributed by atoms with Crippen molar-refractivity contribution in [1.29, 1.82) is 0 Å². The fourth-order valence-electron chi connectivity index (χ4n) is 3.28. The van der Waals surface area contributed by atoms with Gasteiger partial charge >= 0.3 is 6.01 Å². The third-order valence-electron chi connectivity index (χ3n) is 4.64. The van der Waals surface area contributed by atoms with Crippen LogP contribution < -0.4 is 10.1 Å². The number of hydrogen-bond acceptors (Lipinski definition) is 4. The van der Waals surface area contributed by atoms with E-state index >= 15 is 0 Å². The second-order valence-corrected chi connectivity index (χ2v) is 6.78. The zero-order chi connectivity index (χ0) is 15.4. The highest BCUT2D eigenvalue weighted by atomic mass is 16.5. The first kappa shape index (κ1) is 16.2. The second kappa shape index (κ2) is 7.21. The fourth-order valence-corrected chi connectivity index (χ4v) is 3.28. The van der Waals surface area contributed by atoms with Crippen molar-refractivity contribution in [2.24, 2.45) is 17.8 Å². The van der Waals surface area contributed by atoms with E-state index in [1.165, 1.54) is 12.8 Å². The normalized spacial score (nSPS) is 26.1. The highest BCUT2D eigenvalue weighted by Crippen LogP contribution is 2.35. The standard InChI is InChI=1S/C17H29N3O/c1-11(2)15-7-6-12(3)8-16(15)21-17-19-10-14(9-18-5)13(4)20-17/h10-12,15-16,18H,6-9H2,1-5H3. The van der Waals surface area contributed by atoms with Gasteiger partial charge in [-0.1, -0.05) is 27.2 Å².